The van der Waals surface area contributed by atoms with Crippen LogP contribution in [-0.4, -0.2) is 43.5 Å². The molecule has 0 saturated carbocycles. The summed E-state index contributed by atoms with van der Waals surface area (Å²) in [6.45, 7) is 8.27. The van der Waals surface area contributed by atoms with Gasteiger partial charge in [0.15, 0.2) is 0 Å². The zero-order chi connectivity index (χ0) is 10.6. The number of carbonyl (C=O) groups is 1. The maximum Gasteiger partial charge on any atom is 0.234 e. The summed E-state index contributed by atoms with van der Waals surface area (Å²) in [6.07, 6.45) is 0. The third-order valence-electron chi connectivity index (χ3n) is 2.86. The van der Waals surface area contributed by atoms with Crippen LogP contribution in [0.3, 0.4) is 0 Å². The Morgan fingerprint density at radius 1 is 1.57 bits per heavy atom. The quantitative estimate of drug-likeness (QED) is 0.650. The van der Waals surface area contributed by atoms with Crippen molar-refractivity contribution in [3.05, 3.63) is 0 Å². The number of nitrogens with zero attached hydrogens (tertiary/aromatic N) is 1. The molecule has 1 amide bonds. The molecule has 1 saturated heterocycles. The van der Waals surface area contributed by atoms with Crippen molar-refractivity contribution in [2.24, 2.45) is 17.6 Å². The molecule has 4 heteroatoms. The summed E-state index contributed by atoms with van der Waals surface area (Å²) < 4.78 is 0. The summed E-state index contributed by atoms with van der Waals surface area (Å²) in [4.78, 5) is 13.3. The average Bonchev–Trinajstić information content (AvgIpc) is 2.14. The van der Waals surface area contributed by atoms with Gasteiger partial charge in [-0.05, 0) is 18.4 Å². The second-order valence-electron chi connectivity index (χ2n) is 4.32. The van der Waals surface area contributed by atoms with Crippen molar-refractivity contribution in [2.45, 2.75) is 13.8 Å². The Hall–Kier alpha value is -0.610. The number of piperazine rings is 1. The minimum Gasteiger partial charge on any atom is -0.354 e. The molecule has 4 nitrogen and oxygen atoms in total. The molecule has 82 valence electrons. The first kappa shape index (κ1) is 11.5. The lowest BCUT2D eigenvalue weighted by molar-refractivity contribution is -0.124. The van der Waals surface area contributed by atoms with Crippen molar-refractivity contribution in [1.29, 1.82) is 0 Å². The Labute approximate surface area is 85.8 Å². The number of amides is 1. The standard InChI is InChI=1S/C10H21N3O/c1-8(2)9(5-11)6-13-4-3-12-10(14)7-13/h8-9H,3-7,11H2,1-2H3,(H,12,14). The fourth-order valence-corrected chi connectivity index (χ4v) is 1.74. The molecular formula is C10H21N3O. The molecule has 1 atom stereocenters. The van der Waals surface area contributed by atoms with E-state index >= 15 is 0 Å². The summed E-state index contributed by atoms with van der Waals surface area (Å²) in [5.41, 5.74) is 5.70. The molecule has 0 aliphatic carbocycles. The van der Waals surface area contributed by atoms with Crippen molar-refractivity contribution >= 4 is 5.91 Å². The van der Waals surface area contributed by atoms with Gasteiger partial charge in [0.05, 0.1) is 6.54 Å². The van der Waals surface area contributed by atoms with Gasteiger partial charge in [-0.15, -0.1) is 0 Å². The lowest BCUT2D eigenvalue weighted by Gasteiger charge is -2.31. The van der Waals surface area contributed by atoms with Gasteiger partial charge in [0.1, 0.15) is 0 Å². The topological polar surface area (TPSA) is 58.4 Å². The molecule has 1 rings (SSSR count). The highest BCUT2D eigenvalue weighted by molar-refractivity contribution is 5.78. The van der Waals surface area contributed by atoms with Gasteiger partial charge in [-0.3, -0.25) is 9.69 Å². The number of hydrogen-bond donors (Lipinski definition) is 2. The Morgan fingerprint density at radius 3 is 2.79 bits per heavy atom. The van der Waals surface area contributed by atoms with Gasteiger partial charge < -0.3 is 11.1 Å². The monoisotopic (exact) mass is 199 g/mol. The second-order valence-corrected chi connectivity index (χ2v) is 4.32. The van der Waals surface area contributed by atoms with Gasteiger partial charge in [0.2, 0.25) is 5.91 Å². The van der Waals surface area contributed by atoms with Gasteiger partial charge in [0, 0.05) is 19.6 Å². The highest BCUT2D eigenvalue weighted by atomic mass is 16.2. The highest BCUT2D eigenvalue weighted by Crippen LogP contribution is 2.11. The van der Waals surface area contributed by atoms with Crippen molar-refractivity contribution in [2.75, 3.05) is 32.7 Å². The molecule has 0 aromatic rings. The Morgan fingerprint density at radius 2 is 2.29 bits per heavy atom. The SMILES string of the molecule is CC(C)C(CN)CN1CCNC(=O)C1. The zero-order valence-corrected chi connectivity index (χ0v) is 9.12. The number of nitrogens with two attached hydrogens (primary N) is 1. The third-order valence-corrected chi connectivity index (χ3v) is 2.86. The van der Waals surface area contributed by atoms with Gasteiger partial charge in [-0.1, -0.05) is 13.8 Å². The molecule has 0 bridgehead atoms. The highest BCUT2D eigenvalue weighted by Gasteiger charge is 2.20. The fraction of sp³-hybridized carbons (Fsp3) is 0.900. The molecule has 0 aromatic carbocycles. The number of nitrogens with one attached hydrogen (secondary N) is 1. The van der Waals surface area contributed by atoms with E-state index in [4.69, 9.17) is 5.73 Å². The zero-order valence-electron chi connectivity index (χ0n) is 9.12. The molecule has 1 unspecified atom stereocenters. The van der Waals surface area contributed by atoms with Crippen LogP contribution in [0.1, 0.15) is 13.8 Å². The second kappa shape index (κ2) is 5.32. The van der Waals surface area contributed by atoms with E-state index in [1.54, 1.807) is 0 Å². The Bertz CT molecular complexity index is 194. The number of carbonyl (C=O) groups excluding carboxylic acids is 1. The average molecular weight is 199 g/mol. The van der Waals surface area contributed by atoms with Crippen LogP contribution in [0.5, 0.6) is 0 Å². The Kier molecular flexibility index (Phi) is 4.35. The molecule has 1 fully saturated rings. The first-order valence-electron chi connectivity index (χ1n) is 5.32. The maximum atomic E-state index is 11.1. The van der Waals surface area contributed by atoms with Crippen LogP contribution < -0.4 is 11.1 Å². The molecule has 0 spiro atoms. The van der Waals surface area contributed by atoms with Crippen LogP contribution in [0, 0.1) is 11.8 Å². The predicted octanol–water partition coefficient (Wildman–Crippen LogP) is -0.351. The molecule has 1 aliphatic heterocycles. The van der Waals surface area contributed by atoms with Gasteiger partial charge in [0.25, 0.3) is 0 Å². The lowest BCUT2D eigenvalue weighted by Crippen LogP contribution is -2.50. The van der Waals surface area contributed by atoms with E-state index in [-0.39, 0.29) is 5.91 Å². The third kappa shape index (κ3) is 3.27. The predicted molar refractivity (Wildman–Crippen MR) is 56.8 cm³/mol. The van der Waals surface area contributed by atoms with Crippen LogP contribution in [-0.2, 0) is 4.79 Å². The fourth-order valence-electron chi connectivity index (χ4n) is 1.74. The molecule has 0 radical (unpaired) electrons. The molecule has 0 aromatic heterocycles. The van der Waals surface area contributed by atoms with Crippen LogP contribution in [0.4, 0.5) is 0 Å². The molecule has 14 heavy (non-hydrogen) atoms. The minimum absolute atomic E-state index is 0.135. The molecule has 3 N–H and O–H groups in total. The van der Waals surface area contributed by atoms with Gasteiger partial charge in [-0.25, -0.2) is 0 Å². The first-order chi connectivity index (χ1) is 6.63. The maximum absolute atomic E-state index is 11.1. The largest absolute Gasteiger partial charge is 0.354 e. The lowest BCUT2D eigenvalue weighted by atomic mass is 9.95. The summed E-state index contributed by atoms with van der Waals surface area (Å²) in [7, 11) is 0. The van der Waals surface area contributed by atoms with E-state index in [1.165, 1.54) is 0 Å². The summed E-state index contributed by atoms with van der Waals surface area (Å²) >= 11 is 0. The van der Waals surface area contributed by atoms with Gasteiger partial charge >= 0.3 is 0 Å². The van der Waals surface area contributed by atoms with E-state index in [0.717, 1.165) is 19.6 Å². The number of hydrogen-bond acceptors (Lipinski definition) is 3. The number of rotatable bonds is 4. The van der Waals surface area contributed by atoms with E-state index in [1.807, 2.05) is 0 Å². The van der Waals surface area contributed by atoms with E-state index in [9.17, 15) is 4.79 Å². The molecular weight excluding hydrogens is 178 g/mol. The van der Waals surface area contributed by atoms with Crippen molar-refractivity contribution in [3.8, 4) is 0 Å². The normalized spacial score (nSPS) is 21.0. The van der Waals surface area contributed by atoms with E-state index in [2.05, 4.69) is 24.1 Å². The van der Waals surface area contributed by atoms with Crippen molar-refractivity contribution < 1.29 is 4.79 Å². The van der Waals surface area contributed by atoms with Crippen molar-refractivity contribution in [1.82, 2.24) is 10.2 Å². The van der Waals surface area contributed by atoms with Crippen LogP contribution >= 0.6 is 0 Å². The smallest absolute Gasteiger partial charge is 0.234 e. The van der Waals surface area contributed by atoms with Crippen LogP contribution in [0.2, 0.25) is 0 Å². The Balaban J connectivity index is 2.37. The molecule has 1 heterocycles. The van der Waals surface area contributed by atoms with Crippen molar-refractivity contribution in [3.63, 3.8) is 0 Å². The first-order valence-corrected chi connectivity index (χ1v) is 5.32. The molecule has 1 aliphatic rings. The minimum atomic E-state index is 0.135. The summed E-state index contributed by atoms with van der Waals surface area (Å²) in [5.74, 6) is 1.22. The summed E-state index contributed by atoms with van der Waals surface area (Å²) in [6, 6.07) is 0. The summed E-state index contributed by atoms with van der Waals surface area (Å²) in [5, 5.41) is 2.82. The van der Waals surface area contributed by atoms with E-state index < -0.39 is 0 Å². The van der Waals surface area contributed by atoms with Crippen LogP contribution in [0.15, 0.2) is 0 Å². The van der Waals surface area contributed by atoms with Gasteiger partial charge in [-0.2, -0.15) is 0 Å². The van der Waals surface area contributed by atoms with E-state index in [0.29, 0.717) is 24.9 Å². The van der Waals surface area contributed by atoms with Crippen LogP contribution in [0.25, 0.3) is 0 Å².